The highest BCUT2D eigenvalue weighted by molar-refractivity contribution is 6.02. The van der Waals surface area contributed by atoms with Gasteiger partial charge in [0.25, 0.3) is 5.91 Å². The monoisotopic (exact) mass is 476 g/mol. The number of hydrogen-bond acceptors (Lipinski definition) is 5. The van der Waals surface area contributed by atoms with Crippen LogP contribution in [-0.4, -0.2) is 74.1 Å². The largest absolute Gasteiger partial charge is 0.378 e. The average Bonchev–Trinajstić information content (AvgIpc) is 2.84. The molecule has 2 heterocycles. The molecule has 1 N–H and O–H groups in total. The summed E-state index contributed by atoms with van der Waals surface area (Å²) in [5, 5.41) is 3.05. The first-order chi connectivity index (χ1) is 17.1. The second-order valence-corrected chi connectivity index (χ2v) is 10.0. The molecule has 3 aliphatic rings. The number of piperazine rings is 1. The van der Waals surface area contributed by atoms with E-state index in [1.54, 1.807) is 0 Å². The van der Waals surface area contributed by atoms with Crippen molar-refractivity contribution in [2.24, 2.45) is 5.92 Å². The number of carbonyl (C=O) groups excluding carboxylic acids is 2. The summed E-state index contributed by atoms with van der Waals surface area (Å²) in [5.74, 6) is 0.193. The van der Waals surface area contributed by atoms with Crippen molar-refractivity contribution in [3.63, 3.8) is 0 Å². The van der Waals surface area contributed by atoms with E-state index in [1.165, 1.54) is 11.1 Å². The van der Waals surface area contributed by atoms with Crippen molar-refractivity contribution in [1.29, 1.82) is 0 Å². The van der Waals surface area contributed by atoms with Crippen molar-refractivity contribution in [3.8, 4) is 0 Å². The van der Waals surface area contributed by atoms with Gasteiger partial charge in [0.1, 0.15) is 0 Å². The SMILES string of the molecule is Cc1cccc(CN2CCN(c3ccc(NC(=O)C4CCC4)cc3C(=O)N3CCOCC3)CC2)c1. The molecule has 7 nitrogen and oxygen atoms in total. The van der Waals surface area contributed by atoms with Gasteiger partial charge in [-0.05, 0) is 43.5 Å². The zero-order valence-electron chi connectivity index (χ0n) is 20.7. The van der Waals surface area contributed by atoms with Crippen LogP contribution in [0.1, 0.15) is 40.7 Å². The van der Waals surface area contributed by atoms with E-state index in [1.807, 2.05) is 23.1 Å². The fourth-order valence-corrected chi connectivity index (χ4v) is 5.13. The molecule has 2 aliphatic heterocycles. The second kappa shape index (κ2) is 10.8. The zero-order chi connectivity index (χ0) is 24.2. The molecule has 2 aromatic carbocycles. The van der Waals surface area contributed by atoms with Crippen molar-refractivity contribution in [1.82, 2.24) is 9.80 Å². The van der Waals surface area contributed by atoms with Crippen LogP contribution in [0.15, 0.2) is 42.5 Å². The van der Waals surface area contributed by atoms with Crippen molar-refractivity contribution in [3.05, 3.63) is 59.2 Å². The van der Waals surface area contributed by atoms with E-state index in [-0.39, 0.29) is 17.7 Å². The third kappa shape index (κ3) is 5.68. The van der Waals surface area contributed by atoms with Crippen molar-refractivity contribution in [2.45, 2.75) is 32.7 Å². The van der Waals surface area contributed by atoms with Crippen LogP contribution in [0.25, 0.3) is 0 Å². The van der Waals surface area contributed by atoms with E-state index >= 15 is 0 Å². The molecule has 1 aliphatic carbocycles. The number of rotatable bonds is 6. The molecule has 186 valence electrons. The van der Waals surface area contributed by atoms with Crippen molar-refractivity contribution < 1.29 is 14.3 Å². The van der Waals surface area contributed by atoms with Crippen LogP contribution in [-0.2, 0) is 16.1 Å². The third-order valence-electron chi connectivity index (χ3n) is 7.47. The first-order valence-corrected chi connectivity index (χ1v) is 12.9. The number of amides is 2. The third-order valence-corrected chi connectivity index (χ3v) is 7.47. The Kier molecular flexibility index (Phi) is 7.35. The molecule has 0 unspecified atom stereocenters. The van der Waals surface area contributed by atoms with Gasteiger partial charge in [-0.15, -0.1) is 0 Å². The molecule has 0 bridgehead atoms. The van der Waals surface area contributed by atoms with Crippen LogP contribution in [0.2, 0.25) is 0 Å². The van der Waals surface area contributed by atoms with Crippen LogP contribution >= 0.6 is 0 Å². The minimum Gasteiger partial charge on any atom is -0.378 e. The van der Waals surface area contributed by atoms with Gasteiger partial charge < -0.3 is 19.9 Å². The Morgan fingerprint density at radius 3 is 2.43 bits per heavy atom. The van der Waals surface area contributed by atoms with Gasteiger partial charge >= 0.3 is 0 Å². The number of ether oxygens (including phenoxy) is 1. The normalized spacial score (nSPS) is 19.3. The van der Waals surface area contributed by atoms with Gasteiger partial charge in [-0.25, -0.2) is 0 Å². The van der Waals surface area contributed by atoms with Gasteiger partial charge in [0.2, 0.25) is 5.91 Å². The Morgan fingerprint density at radius 2 is 1.74 bits per heavy atom. The summed E-state index contributed by atoms with van der Waals surface area (Å²) in [5.41, 5.74) is 4.97. The summed E-state index contributed by atoms with van der Waals surface area (Å²) in [6, 6.07) is 14.5. The van der Waals surface area contributed by atoms with Crippen molar-refractivity contribution >= 4 is 23.2 Å². The van der Waals surface area contributed by atoms with Gasteiger partial charge in [-0.2, -0.15) is 0 Å². The first-order valence-electron chi connectivity index (χ1n) is 12.9. The highest BCUT2D eigenvalue weighted by Gasteiger charge is 2.28. The smallest absolute Gasteiger partial charge is 0.256 e. The maximum Gasteiger partial charge on any atom is 0.256 e. The number of carbonyl (C=O) groups is 2. The molecule has 3 fully saturated rings. The molecule has 35 heavy (non-hydrogen) atoms. The molecule has 0 spiro atoms. The fraction of sp³-hybridized carbons (Fsp3) is 0.500. The predicted octanol–water partition coefficient (Wildman–Crippen LogP) is 3.53. The molecule has 0 aromatic heterocycles. The van der Waals surface area contributed by atoms with E-state index in [2.05, 4.69) is 46.3 Å². The number of benzene rings is 2. The van der Waals surface area contributed by atoms with E-state index in [0.717, 1.165) is 57.7 Å². The Bertz CT molecular complexity index is 1050. The number of anilines is 2. The molecule has 0 radical (unpaired) electrons. The highest BCUT2D eigenvalue weighted by Crippen LogP contribution is 2.30. The summed E-state index contributed by atoms with van der Waals surface area (Å²) in [7, 11) is 0. The summed E-state index contributed by atoms with van der Waals surface area (Å²) in [6.07, 6.45) is 3.03. The highest BCUT2D eigenvalue weighted by atomic mass is 16.5. The van der Waals surface area contributed by atoms with Gasteiger partial charge in [0, 0.05) is 63.1 Å². The van der Waals surface area contributed by atoms with Gasteiger partial charge in [0.15, 0.2) is 0 Å². The summed E-state index contributed by atoms with van der Waals surface area (Å²) in [6.45, 7) is 9.02. The zero-order valence-corrected chi connectivity index (χ0v) is 20.7. The lowest BCUT2D eigenvalue weighted by atomic mass is 9.85. The number of nitrogens with zero attached hydrogens (tertiary/aromatic N) is 3. The fourth-order valence-electron chi connectivity index (χ4n) is 5.13. The Labute approximate surface area is 208 Å². The molecule has 2 aromatic rings. The molecule has 2 saturated heterocycles. The number of nitrogens with one attached hydrogen (secondary N) is 1. The van der Waals surface area contributed by atoms with E-state index in [0.29, 0.717) is 37.6 Å². The predicted molar refractivity (Wildman–Crippen MR) is 138 cm³/mol. The van der Waals surface area contributed by atoms with E-state index < -0.39 is 0 Å². The molecular weight excluding hydrogens is 440 g/mol. The van der Waals surface area contributed by atoms with Gasteiger partial charge in [-0.1, -0.05) is 36.2 Å². The number of hydrogen-bond donors (Lipinski definition) is 1. The quantitative estimate of drug-likeness (QED) is 0.691. The molecular formula is C28H36N4O3. The molecule has 5 rings (SSSR count). The Morgan fingerprint density at radius 1 is 0.971 bits per heavy atom. The van der Waals surface area contributed by atoms with E-state index in [4.69, 9.17) is 4.74 Å². The van der Waals surface area contributed by atoms with Crippen LogP contribution in [0.4, 0.5) is 11.4 Å². The average molecular weight is 477 g/mol. The Hall–Kier alpha value is -2.90. The minimum atomic E-state index is 0.0187. The summed E-state index contributed by atoms with van der Waals surface area (Å²) in [4.78, 5) is 32.8. The number of morpholine rings is 1. The van der Waals surface area contributed by atoms with Crippen LogP contribution in [0.5, 0.6) is 0 Å². The lowest BCUT2D eigenvalue weighted by Gasteiger charge is -2.37. The maximum atomic E-state index is 13.6. The van der Waals surface area contributed by atoms with Crippen LogP contribution < -0.4 is 10.2 Å². The maximum absolute atomic E-state index is 13.6. The lowest BCUT2D eigenvalue weighted by molar-refractivity contribution is -0.122. The standard InChI is InChI=1S/C28H36N4O3/c1-21-4-2-5-22(18-21)20-30-10-12-31(13-11-30)26-9-8-24(29-27(33)23-6-3-7-23)19-25(26)28(34)32-14-16-35-17-15-32/h2,4-5,8-9,18-19,23H,3,6-7,10-17,20H2,1H3,(H,29,33). The van der Waals surface area contributed by atoms with Gasteiger partial charge in [0.05, 0.1) is 18.8 Å². The van der Waals surface area contributed by atoms with E-state index in [9.17, 15) is 9.59 Å². The molecule has 7 heteroatoms. The Balaban J connectivity index is 1.31. The molecule has 2 amide bonds. The molecule has 1 saturated carbocycles. The van der Waals surface area contributed by atoms with Gasteiger partial charge in [-0.3, -0.25) is 14.5 Å². The first kappa shape index (κ1) is 23.8. The van der Waals surface area contributed by atoms with Crippen LogP contribution in [0.3, 0.4) is 0 Å². The van der Waals surface area contributed by atoms with Crippen LogP contribution in [0, 0.1) is 12.8 Å². The topological polar surface area (TPSA) is 65.1 Å². The lowest BCUT2D eigenvalue weighted by Crippen LogP contribution is -2.47. The second-order valence-electron chi connectivity index (χ2n) is 10.0. The summed E-state index contributed by atoms with van der Waals surface area (Å²) < 4.78 is 5.45. The minimum absolute atomic E-state index is 0.0187. The molecule has 0 atom stereocenters. The summed E-state index contributed by atoms with van der Waals surface area (Å²) >= 11 is 0. The number of aryl methyl sites for hydroxylation is 1. The van der Waals surface area contributed by atoms with Crippen molar-refractivity contribution in [2.75, 3.05) is 62.7 Å².